The van der Waals surface area contributed by atoms with Crippen molar-refractivity contribution in [1.82, 2.24) is 5.32 Å². The Bertz CT molecular complexity index is 372. The van der Waals surface area contributed by atoms with Gasteiger partial charge in [0, 0.05) is 17.5 Å². The first-order valence-corrected chi connectivity index (χ1v) is 6.54. The topological polar surface area (TPSA) is 12.0 Å². The van der Waals surface area contributed by atoms with Crippen LogP contribution in [0.4, 0.5) is 0 Å². The third-order valence-corrected chi connectivity index (χ3v) is 2.90. The van der Waals surface area contributed by atoms with Gasteiger partial charge in [0.2, 0.25) is 0 Å². The first-order valence-electron chi connectivity index (χ1n) is 6.16. The molecule has 1 aromatic rings. The number of rotatable bonds is 6. The summed E-state index contributed by atoms with van der Waals surface area (Å²) in [6.45, 7) is 5.10. The van der Waals surface area contributed by atoms with Gasteiger partial charge in [-0.05, 0) is 44.0 Å². The summed E-state index contributed by atoms with van der Waals surface area (Å²) in [5.41, 5.74) is 1.29. The molecule has 0 amide bonds. The predicted octanol–water partition coefficient (Wildman–Crippen LogP) is 4.18. The van der Waals surface area contributed by atoms with Gasteiger partial charge in [0.15, 0.2) is 0 Å². The van der Waals surface area contributed by atoms with E-state index in [4.69, 9.17) is 11.6 Å². The van der Waals surface area contributed by atoms with Gasteiger partial charge < -0.3 is 5.32 Å². The van der Waals surface area contributed by atoms with Crippen LogP contribution < -0.4 is 5.32 Å². The van der Waals surface area contributed by atoms with E-state index in [9.17, 15) is 0 Å². The van der Waals surface area contributed by atoms with E-state index < -0.39 is 0 Å². The maximum atomic E-state index is 5.90. The number of halogens is 1. The lowest BCUT2D eigenvalue weighted by atomic mass is 10.0. The Morgan fingerprint density at radius 1 is 1.29 bits per heavy atom. The molecule has 0 spiro atoms. The van der Waals surface area contributed by atoms with Crippen LogP contribution in [0.1, 0.15) is 44.7 Å². The lowest BCUT2D eigenvalue weighted by Crippen LogP contribution is -2.22. The monoisotopic (exact) mass is 249 g/mol. The highest BCUT2D eigenvalue weighted by Gasteiger charge is 2.09. The molecule has 0 saturated heterocycles. The van der Waals surface area contributed by atoms with E-state index in [0.717, 1.165) is 30.8 Å². The zero-order valence-electron chi connectivity index (χ0n) is 10.6. The van der Waals surface area contributed by atoms with Gasteiger partial charge in [-0.1, -0.05) is 30.7 Å². The van der Waals surface area contributed by atoms with Gasteiger partial charge >= 0.3 is 0 Å². The van der Waals surface area contributed by atoms with Crippen molar-refractivity contribution < 1.29 is 0 Å². The number of benzene rings is 1. The van der Waals surface area contributed by atoms with Crippen molar-refractivity contribution in [2.45, 2.75) is 39.2 Å². The Morgan fingerprint density at radius 3 is 2.59 bits per heavy atom. The first-order chi connectivity index (χ1) is 8.27. The second-order valence-corrected chi connectivity index (χ2v) is 4.46. The fourth-order valence-corrected chi connectivity index (χ4v) is 1.87. The first kappa shape index (κ1) is 14.1. The summed E-state index contributed by atoms with van der Waals surface area (Å²) < 4.78 is 0. The van der Waals surface area contributed by atoms with Crippen LogP contribution in [0.15, 0.2) is 24.3 Å². The van der Waals surface area contributed by atoms with Gasteiger partial charge in [-0.3, -0.25) is 0 Å². The lowest BCUT2D eigenvalue weighted by Gasteiger charge is -2.18. The molecule has 1 unspecified atom stereocenters. The van der Waals surface area contributed by atoms with Crippen molar-refractivity contribution in [1.29, 1.82) is 0 Å². The molecule has 1 atom stereocenters. The standard InChI is InChI=1S/C15H20ClN/c1-3-5-6-7-15(17-12-4-2)13-8-10-14(16)11-9-13/h8-11,15,17H,4,6-7,12H2,1-2H3. The molecule has 92 valence electrons. The van der Waals surface area contributed by atoms with Gasteiger partial charge in [-0.25, -0.2) is 0 Å². The van der Waals surface area contributed by atoms with E-state index in [1.165, 1.54) is 5.56 Å². The Hall–Kier alpha value is -0.970. The van der Waals surface area contributed by atoms with E-state index in [1.54, 1.807) is 0 Å². The lowest BCUT2D eigenvalue weighted by molar-refractivity contribution is 0.505. The zero-order chi connectivity index (χ0) is 12.5. The summed E-state index contributed by atoms with van der Waals surface area (Å²) >= 11 is 5.90. The maximum absolute atomic E-state index is 5.90. The van der Waals surface area contributed by atoms with Gasteiger partial charge in [0.25, 0.3) is 0 Å². The van der Waals surface area contributed by atoms with E-state index in [2.05, 4.69) is 36.2 Å². The summed E-state index contributed by atoms with van der Waals surface area (Å²) in [5, 5.41) is 4.34. The second-order valence-electron chi connectivity index (χ2n) is 4.02. The summed E-state index contributed by atoms with van der Waals surface area (Å²) in [5.74, 6) is 6.06. The minimum atomic E-state index is 0.382. The summed E-state index contributed by atoms with van der Waals surface area (Å²) in [4.78, 5) is 0. The molecular weight excluding hydrogens is 230 g/mol. The van der Waals surface area contributed by atoms with E-state index >= 15 is 0 Å². The zero-order valence-corrected chi connectivity index (χ0v) is 11.3. The van der Waals surface area contributed by atoms with E-state index in [-0.39, 0.29) is 0 Å². The number of hydrogen-bond donors (Lipinski definition) is 1. The third-order valence-electron chi connectivity index (χ3n) is 2.65. The minimum Gasteiger partial charge on any atom is -0.310 e. The molecule has 1 aromatic carbocycles. The van der Waals surface area contributed by atoms with Crippen molar-refractivity contribution in [2.75, 3.05) is 6.54 Å². The van der Waals surface area contributed by atoms with Crippen LogP contribution in [0.25, 0.3) is 0 Å². The van der Waals surface area contributed by atoms with Gasteiger partial charge in [0.05, 0.1) is 0 Å². The maximum Gasteiger partial charge on any atom is 0.0406 e. The molecule has 0 bridgehead atoms. The van der Waals surface area contributed by atoms with Gasteiger partial charge in [-0.2, -0.15) is 0 Å². The van der Waals surface area contributed by atoms with Crippen LogP contribution in [0.3, 0.4) is 0 Å². The molecule has 1 N–H and O–H groups in total. The molecule has 0 aromatic heterocycles. The number of nitrogens with one attached hydrogen (secondary N) is 1. The van der Waals surface area contributed by atoms with Crippen LogP contribution >= 0.6 is 11.6 Å². The Kier molecular flexibility index (Phi) is 6.77. The molecule has 1 rings (SSSR count). The average Bonchev–Trinajstić information content (AvgIpc) is 2.35. The highest BCUT2D eigenvalue weighted by atomic mass is 35.5. The summed E-state index contributed by atoms with van der Waals surface area (Å²) in [7, 11) is 0. The second kappa shape index (κ2) is 8.17. The van der Waals surface area contributed by atoms with Crippen molar-refractivity contribution in [3.63, 3.8) is 0 Å². The Morgan fingerprint density at radius 2 is 2.00 bits per heavy atom. The molecule has 0 aliphatic heterocycles. The molecule has 0 saturated carbocycles. The highest BCUT2D eigenvalue weighted by molar-refractivity contribution is 6.30. The van der Waals surface area contributed by atoms with E-state index in [1.807, 2.05) is 19.1 Å². The quantitative estimate of drug-likeness (QED) is 0.746. The van der Waals surface area contributed by atoms with Crippen molar-refractivity contribution >= 4 is 11.6 Å². The molecule has 0 aliphatic carbocycles. The number of hydrogen-bond acceptors (Lipinski definition) is 1. The fourth-order valence-electron chi connectivity index (χ4n) is 1.74. The molecule has 0 fully saturated rings. The van der Waals surface area contributed by atoms with Crippen molar-refractivity contribution in [3.8, 4) is 11.8 Å². The molecule has 0 aliphatic rings. The smallest absolute Gasteiger partial charge is 0.0406 e. The van der Waals surface area contributed by atoms with Crippen LogP contribution in [-0.2, 0) is 0 Å². The molecule has 1 nitrogen and oxygen atoms in total. The van der Waals surface area contributed by atoms with Crippen LogP contribution in [0.5, 0.6) is 0 Å². The Balaban J connectivity index is 2.65. The van der Waals surface area contributed by atoms with Crippen molar-refractivity contribution in [2.24, 2.45) is 0 Å². The average molecular weight is 250 g/mol. The molecule has 2 heteroatoms. The van der Waals surface area contributed by atoms with E-state index in [0.29, 0.717) is 6.04 Å². The normalized spacial score (nSPS) is 11.7. The predicted molar refractivity (Wildman–Crippen MR) is 75.2 cm³/mol. The molecular formula is C15H20ClN. The summed E-state index contributed by atoms with van der Waals surface area (Å²) in [6.07, 6.45) is 3.12. The molecule has 17 heavy (non-hydrogen) atoms. The summed E-state index contributed by atoms with van der Waals surface area (Å²) in [6, 6.07) is 8.46. The SMILES string of the molecule is CC#CCCC(NCCC)c1ccc(Cl)cc1. The largest absolute Gasteiger partial charge is 0.310 e. The third kappa shape index (κ3) is 5.26. The highest BCUT2D eigenvalue weighted by Crippen LogP contribution is 2.20. The van der Waals surface area contributed by atoms with Crippen molar-refractivity contribution in [3.05, 3.63) is 34.9 Å². The minimum absolute atomic E-state index is 0.382. The molecule has 0 heterocycles. The van der Waals surface area contributed by atoms with Gasteiger partial charge in [-0.15, -0.1) is 11.8 Å². The van der Waals surface area contributed by atoms with Crippen LogP contribution in [0, 0.1) is 11.8 Å². The molecule has 0 radical (unpaired) electrons. The van der Waals surface area contributed by atoms with Crippen LogP contribution in [-0.4, -0.2) is 6.54 Å². The van der Waals surface area contributed by atoms with Gasteiger partial charge in [0.1, 0.15) is 0 Å². The fraction of sp³-hybridized carbons (Fsp3) is 0.467. The van der Waals surface area contributed by atoms with Crippen LogP contribution in [0.2, 0.25) is 5.02 Å². The Labute approximate surface area is 110 Å².